The molecule has 0 aliphatic carbocycles. The van der Waals surface area contributed by atoms with Gasteiger partial charge in [-0.2, -0.15) is 0 Å². The molecule has 0 bridgehead atoms. The molecule has 0 heterocycles. The molecule has 0 unspecified atom stereocenters. The first-order valence-electron chi connectivity index (χ1n) is 5.84. The van der Waals surface area contributed by atoms with Crippen LogP contribution >= 0.6 is 28.3 Å². The Morgan fingerprint density at radius 3 is 2.45 bits per heavy atom. The molecule has 1 aromatic rings. The molecule has 3 nitrogen and oxygen atoms in total. The van der Waals surface area contributed by atoms with Crippen molar-refractivity contribution in [2.75, 3.05) is 6.54 Å². The van der Waals surface area contributed by atoms with Crippen LogP contribution < -0.4 is 16.2 Å². The van der Waals surface area contributed by atoms with E-state index in [1.807, 2.05) is 0 Å². The second kappa shape index (κ2) is 8.71. The lowest BCUT2D eigenvalue weighted by Gasteiger charge is -2.18. The zero-order valence-electron chi connectivity index (χ0n) is 10.6. The summed E-state index contributed by atoms with van der Waals surface area (Å²) in [5.41, 5.74) is 11.6. The van der Waals surface area contributed by atoms with Crippen LogP contribution in [0.15, 0.2) is 22.7 Å². The predicted octanol–water partition coefficient (Wildman–Crippen LogP) is 3.90. The molecule has 0 radical (unpaired) electrons. The number of halogens is 5. The van der Waals surface area contributed by atoms with Crippen LogP contribution in [-0.4, -0.2) is 12.9 Å². The first-order chi connectivity index (χ1) is 8.83. The lowest BCUT2D eigenvalue weighted by molar-refractivity contribution is -0.275. The van der Waals surface area contributed by atoms with Gasteiger partial charge in [0, 0.05) is 16.1 Å². The molecule has 4 N–H and O–H groups in total. The molecule has 1 aromatic carbocycles. The second-order valence-corrected chi connectivity index (χ2v) is 5.04. The van der Waals surface area contributed by atoms with Gasteiger partial charge in [-0.15, -0.1) is 25.6 Å². The minimum Gasteiger partial charge on any atom is -0.405 e. The molecule has 116 valence electrons. The van der Waals surface area contributed by atoms with Gasteiger partial charge in [0.2, 0.25) is 0 Å². The third kappa shape index (κ3) is 6.78. The number of unbranched alkanes of at least 4 members (excludes halogenated alkanes) is 1. The number of alkyl halides is 3. The number of hydrogen-bond donors (Lipinski definition) is 2. The summed E-state index contributed by atoms with van der Waals surface area (Å²) in [5, 5.41) is 0. The predicted molar refractivity (Wildman–Crippen MR) is 77.9 cm³/mol. The van der Waals surface area contributed by atoms with Crippen molar-refractivity contribution in [3.05, 3.63) is 28.2 Å². The maximum absolute atomic E-state index is 12.3. The van der Waals surface area contributed by atoms with Gasteiger partial charge in [-0.3, -0.25) is 0 Å². The van der Waals surface area contributed by atoms with Crippen molar-refractivity contribution >= 4 is 28.3 Å². The molecule has 0 aromatic heterocycles. The normalized spacial score (nSPS) is 12.7. The zero-order chi connectivity index (χ0) is 14.5. The molecule has 0 amide bonds. The third-order valence-corrected chi connectivity index (χ3v) is 3.06. The first kappa shape index (κ1) is 19.5. The summed E-state index contributed by atoms with van der Waals surface area (Å²) in [6, 6.07) is 3.78. The molecule has 1 rings (SSSR count). The van der Waals surface area contributed by atoms with E-state index in [1.54, 1.807) is 6.07 Å². The van der Waals surface area contributed by atoms with Crippen molar-refractivity contribution in [2.24, 2.45) is 11.5 Å². The van der Waals surface area contributed by atoms with Gasteiger partial charge in [0.25, 0.3) is 0 Å². The van der Waals surface area contributed by atoms with Gasteiger partial charge in [-0.25, -0.2) is 0 Å². The van der Waals surface area contributed by atoms with Gasteiger partial charge in [0.05, 0.1) is 0 Å². The van der Waals surface area contributed by atoms with E-state index in [4.69, 9.17) is 11.5 Å². The monoisotopic (exact) mass is 376 g/mol. The lowest BCUT2D eigenvalue weighted by atomic mass is 10.0. The zero-order valence-corrected chi connectivity index (χ0v) is 13.0. The van der Waals surface area contributed by atoms with Crippen molar-refractivity contribution in [3.63, 3.8) is 0 Å². The molecule has 8 heteroatoms. The highest BCUT2D eigenvalue weighted by atomic mass is 79.9. The Morgan fingerprint density at radius 2 is 1.90 bits per heavy atom. The first-order valence-corrected chi connectivity index (χ1v) is 6.63. The van der Waals surface area contributed by atoms with Gasteiger partial charge >= 0.3 is 6.36 Å². The van der Waals surface area contributed by atoms with Crippen LogP contribution in [-0.2, 0) is 0 Å². The molecule has 0 aliphatic heterocycles. The highest BCUT2D eigenvalue weighted by Gasteiger charge is 2.32. The van der Waals surface area contributed by atoms with Gasteiger partial charge < -0.3 is 16.2 Å². The highest BCUT2D eigenvalue weighted by molar-refractivity contribution is 9.10. The van der Waals surface area contributed by atoms with E-state index in [0.29, 0.717) is 23.0 Å². The molecule has 20 heavy (non-hydrogen) atoms. The number of nitrogens with two attached hydrogens (primary N) is 2. The van der Waals surface area contributed by atoms with Crippen molar-refractivity contribution in [2.45, 2.75) is 31.7 Å². The van der Waals surface area contributed by atoms with E-state index in [1.165, 1.54) is 12.1 Å². The molecule has 0 saturated heterocycles. The average molecular weight is 378 g/mol. The van der Waals surface area contributed by atoms with Crippen LogP contribution in [0, 0.1) is 0 Å². The molecule has 0 spiro atoms. The fourth-order valence-corrected chi connectivity index (χ4v) is 2.07. The van der Waals surface area contributed by atoms with Crippen LogP contribution in [0.3, 0.4) is 0 Å². The average Bonchev–Trinajstić information content (AvgIpc) is 2.30. The van der Waals surface area contributed by atoms with Crippen molar-refractivity contribution in [1.82, 2.24) is 0 Å². The Labute approximate surface area is 130 Å². The van der Waals surface area contributed by atoms with Crippen molar-refractivity contribution < 1.29 is 17.9 Å². The standard InChI is InChI=1S/C12H16BrF3N2O.ClH/c13-8-4-5-11(19-12(14,15)16)9(7-8)10(18)3-1-2-6-17;/h4-5,7,10H,1-3,6,17-18H2;1H/t10-;/m0./s1. The highest BCUT2D eigenvalue weighted by Crippen LogP contribution is 2.33. The molecule has 0 saturated carbocycles. The second-order valence-electron chi connectivity index (χ2n) is 4.12. The number of rotatable bonds is 6. The number of ether oxygens (including phenoxy) is 1. The Hall–Kier alpha value is -0.500. The van der Waals surface area contributed by atoms with E-state index in [9.17, 15) is 13.2 Å². The Balaban J connectivity index is 0.00000361. The quantitative estimate of drug-likeness (QED) is 0.739. The Kier molecular flexibility index (Phi) is 8.50. The molecular formula is C12H17BrClF3N2O. The van der Waals surface area contributed by atoms with Crippen molar-refractivity contribution in [3.8, 4) is 5.75 Å². The fourth-order valence-electron chi connectivity index (χ4n) is 1.69. The number of hydrogen-bond acceptors (Lipinski definition) is 3. The summed E-state index contributed by atoms with van der Waals surface area (Å²) >= 11 is 3.21. The van der Waals surface area contributed by atoms with E-state index in [0.717, 1.165) is 12.8 Å². The summed E-state index contributed by atoms with van der Waals surface area (Å²) in [6.45, 7) is 0.539. The SMILES string of the molecule is Cl.NCCCC[C@H](N)c1cc(Br)ccc1OC(F)(F)F. The largest absolute Gasteiger partial charge is 0.573 e. The maximum atomic E-state index is 12.3. The van der Waals surface area contributed by atoms with Crippen LogP contribution in [0.1, 0.15) is 30.9 Å². The third-order valence-electron chi connectivity index (χ3n) is 2.57. The van der Waals surface area contributed by atoms with E-state index < -0.39 is 12.4 Å². The van der Waals surface area contributed by atoms with Gasteiger partial charge in [0.1, 0.15) is 5.75 Å². The van der Waals surface area contributed by atoms with Crippen LogP contribution in [0.5, 0.6) is 5.75 Å². The topological polar surface area (TPSA) is 61.3 Å². The Morgan fingerprint density at radius 1 is 1.25 bits per heavy atom. The smallest absolute Gasteiger partial charge is 0.405 e. The molecular weight excluding hydrogens is 360 g/mol. The van der Waals surface area contributed by atoms with E-state index >= 15 is 0 Å². The van der Waals surface area contributed by atoms with E-state index in [-0.39, 0.29) is 18.2 Å². The molecule has 1 atom stereocenters. The summed E-state index contributed by atoms with van der Waals surface area (Å²) in [5.74, 6) is -0.254. The lowest BCUT2D eigenvalue weighted by Crippen LogP contribution is -2.20. The van der Waals surface area contributed by atoms with Gasteiger partial charge in [-0.05, 0) is 37.6 Å². The summed E-state index contributed by atoms with van der Waals surface area (Å²) in [6.07, 6.45) is -2.62. The van der Waals surface area contributed by atoms with Gasteiger partial charge in [-0.1, -0.05) is 22.4 Å². The Bertz CT molecular complexity index is 418. The summed E-state index contributed by atoms with van der Waals surface area (Å²) in [7, 11) is 0. The van der Waals surface area contributed by atoms with Crippen molar-refractivity contribution in [1.29, 1.82) is 0 Å². The molecule has 0 fully saturated rings. The fraction of sp³-hybridized carbons (Fsp3) is 0.500. The van der Waals surface area contributed by atoms with Crippen LogP contribution in [0.25, 0.3) is 0 Å². The minimum absolute atomic E-state index is 0. The van der Waals surface area contributed by atoms with Gasteiger partial charge in [0.15, 0.2) is 0 Å². The van der Waals surface area contributed by atoms with E-state index in [2.05, 4.69) is 20.7 Å². The van der Waals surface area contributed by atoms with Crippen LogP contribution in [0.2, 0.25) is 0 Å². The summed E-state index contributed by atoms with van der Waals surface area (Å²) < 4.78 is 41.6. The molecule has 0 aliphatic rings. The number of benzene rings is 1. The maximum Gasteiger partial charge on any atom is 0.573 e. The summed E-state index contributed by atoms with van der Waals surface area (Å²) in [4.78, 5) is 0. The minimum atomic E-state index is -4.72. The van der Waals surface area contributed by atoms with Crippen LogP contribution in [0.4, 0.5) is 13.2 Å².